The highest BCUT2D eigenvalue weighted by atomic mass is 32.2. The van der Waals surface area contributed by atoms with E-state index in [0.29, 0.717) is 11.1 Å². The van der Waals surface area contributed by atoms with E-state index >= 15 is 0 Å². The lowest BCUT2D eigenvalue weighted by Crippen LogP contribution is -2.38. The van der Waals surface area contributed by atoms with Gasteiger partial charge < -0.3 is 5.32 Å². The van der Waals surface area contributed by atoms with Crippen LogP contribution in [0.3, 0.4) is 0 Å². The lowest BCUT2D eigenvalue weighted by Gasteiger charge is -2.09. The summed E-state index contributed by atoms with van der Waals surface area (Å²) in [7, 11) is 1.46. The van der Waals surface area contributed by atoms with Crippen LogP contribution < -0.4 is 10.6 Å². The molecule has 1 aliphatic rings. The topological polar surface area (TPSA) is 88.9 Å². The molecule has 120 valence electrons. The number of rotatable bonds is 5. The number of imide groups is 1. The fourth-order valence-corrected chi connectivity index (χ4v) is 2.91. The van der Waals surface area contributed by atoms with E-state index in [1.807, 2.05) is 34.9 Å². The minimum Gasteiger partial charge on any atom is -0.341 e. The van der Waals surface area contributed by atoms with Gasteiger partial charge in [-0.15, -0.1) is 10.2 Å². The number of hydrogen-bond acceptors (Lipinski definition) is 5. The largest absolute Gasteiger partial charge is 0.341 e. The molecule has 0 saturated heterocycles. The molecule has 8 heteroatoms. The minimum atomic E-state index is -0.515. The molecular weight excluding hydrogens is 314 g/mol. The SMILES string of the molecule is CNC(=O)NC(=O)CSc1nnc(C2CC2)n1-c1ccccc1. The van der Waals surface area contributed by atoms with Gasteiger partial charge in [-0.25, -0.2) is 4.79 Å². The van der Waals surface area contributed by atoms with Gasteiger partial charge in [-0.3, -0.25) is 14.7 Å². The van der Waals surface area contributed by atoms with Crippen LogP contribution in [0.5, 0.6) is 0 Å². The van der Waals surface area contributed by atoms with Crippen LogP contribution in [0.2, 0.25) is 0 Å². The van der Waals surface area contributed by atoms with E-state index in [0.717, 1.165) is 24.4 Å². The van der Waals surface area contributed by atoms with Crippen LogP contribution in [-0.2, 0) is 4.79 Å². The maximum absolute atomic E-state index is 11.7. The fourth-order valence-electron chi connectivity index (χ4n) is 2.16. The molecule has 0 atom stereocenters. The van der Waals surface area contributed by atoms with Crippen LogP contribution in [0, 0.1) is 0 Å². The number of urea groups is 1. The summed E-state index contributed by atoms with van der Waals surface area (Å²) >= 11 is 1.27. The molecular formula is C15H17N5O2S. The number of hydrogen-bond donors (Lipinski definition) is 2. The molecule has 1 aromatic heterocycles. The van der Waals surface area contributed by atoms with E-state index in [1.54, 1.807) is 0 Å². The van der Waals surface area contributed by atoms with Gasteiger partial charge in [-0.2, -0.15) is 0 Å². The van der Waals surface area contributed by atoms with Crippen molar-refractivity contribution in [1.29, 1.82) is 0 Å². The Morgan fingerprint density at radius 2 is 2.00 bits per heavy atom. The Morgan fingerprint density at radius 1 is 1.26 bits per heavy atom. The fraction of sp³-hybridized carbons (Fsp3) is 0.333. The Kier molecular flexibility index (Phi) is 4.61. The number of nitrogens with one attached hydrogen (secondary N) is 2. The van der Waals surface area contributed by atoms with Crippen LogP contribution in [-0.4, -0.2) is 39.5 Å². The molecule has 0 radical (unpaired) electrons. The summed E-state index contributed by atoms with van der Waals surface area (Å²) in [5, 5.41) is 13.7. The smallest absolute Gasteiger partial charge is 0.321 e. The Labute approximate surface area is 137 Å². The zero-order chi connectivity index (χ0) is 16.2. The highest BCUT2D eigenvalue weighted by Crippen LogP contribution is 2.41. The monoisotopic (exact) mass is 331 g/mol. The first-order chi connectivity index (χ1) is 11.2. The van der Waals surface area contributed by atoms with Gasteiger partial charge >= 0.3 is 6.03 Å². The molecule has 1 aliphatic carbocycles. The average molecular weight is 331 g/mol. The van der Waals surface area contributed by atoms with Crippen molar-refractivity contribution >= 4 is 23.7 Å². The summed E-state index contributed by atoms with van der Waals surface area (Å²) in [5.74, 6) is 1.11. The lowest BCUT2D eigenvalue weighted by atomic mass is 10.3. The first kappa shape index (κ1) is 15.5. The maximum Gasteiger partial charge on any atom is 0.321 e. The molecule has 3 rings (SSSR count). The van der Waals surface area contributed by atoms with E-state index in [9.17, 15) is 9.59 Å². The molecule has 3 amide bonds. The van der Waals surface area contributed by atoms with Gasteiger partial charge in [0, 0.05) is 18.7 Å². The Hall–Kier alpha value is -2.35. The second-order valence-corrected chi connectivity index (χ2v) is 6.14. The standard InChI is InChI=1S/C15H17N5O2S/c1-16-14(22)17-12(21)9-23-15-19-18-13(10-7-8-10)20(15)11-5-3-2-4-6-11/h2-6,10H,7-9H2,1H3,(H2,16,17,21,22). The third kappa shape index (κ3) is 3.70. The van der Waals surface area contributed by atoms with Crippen molar-refractivity contribution in [3.8, 4) is 5.69 Å². The average Bonchev–Trinajstić information content (AvgIpc) is 3.33. The molecule has 1 heterocycles. The summed E-state index contributed by atoms with van der Waals surface area (Å²) in [6.45, 7) is 0. The quantitative estimate of drug-likeness (QED) is 0.814. The minimum absolute atomic E-state index is 0.100. The molecule has 0 spiro atoms. The highest BCUT2D eigenvalue weighted by Gasteiger charge is 2.31. The van der Waals surface area contributed by atoms with Gasteiger partial charge in [-0.05, 0) is 25.0 Å². The predicted octanol–water partition coefficient (Wildman–Crippen LogP) is 1.69. The summed E-state index contributed by atoms with van der Waals surface area (Å²) in [6.07, 6.45) is 2.24. The Bertz CT molecular complexity index is 712. The number of carbonyl (C=O) groups excluding carboxylic acids is 2. The molecule has 0 unspecified atom stereocenters. The number of para-hydroxylation sites is 1. The first-order valence-corrected chi connectivity index (χ1v) is 8.32. The Balaban J connectivity index is 1.77. The zero-order valence-electron chi connectivity index (χ0n) is 12.7. The summed E-state index contributed by atoms with van der Waals surface area (Å²) in [5.41, 5.74) is 0.980. The number of thioether (sulfide) groups is 1. The molecule has 2 aromatic rings. The molecule has 0 bridgehead atoms. The second kappa shape index (κ2) is 6.82. The molecule has 1 aromatic carbocycles. The van der Waals surface area contributed by atoms with Crippen LogP contribution in [0.15, 0.2) is 35.5 Å². The van der Waals surface area contributed by atoms with Crippen molar-refractivity contribution in [3.63, 3.8) is 0 Å². The van der Waals surface area contributed by atoms with Crippen molar-refractivity contribution in [2.24, 2.45) is 0 Å². The van der Waals surface area contributed by atoms with E-state index < -0.39 is 6.03 Å². The van der Waals surface area contributed by atoms with Gasteiger partial charge in [0.15, 0.2) is 5.16 Å². The van der Waals surface area contributed by atoms with Crippen molar-refractivity contribution < 1.29 is 9.59 Å². The number of nitrogens with zero attached hydrogens (tertiary/aromatic N) is 3. The van der Waals surface area contributed by atoms with Crippen molar-refractivity contribution in [3.05, 3.63) is 36.2 Å². The molecule has 2 N–H and O–H groups in total. The van der Waals surface area contributed by atoms with Gasteiger partial charge in [0.2, 0.25) is 5.91 Å². The Morgan fingerprint density at radius 3 is 2.65 bits per heavy atom. The number of aromatic nitrogens is 3. The summed E-state index contributed by atoms with van der Waals surface area (Å²) < 4.78 is 2.00. The van der Waals surface area contributed by atoms with E-state index in [2.05, 4.69) is 20.8 Å². The predicted molar refractivity (Wildman–Crippen MR) is 86.7 cm³/mol. The number of carbonyl (C=O) groups is 2. The normalized spacial score (nSPS) is 13.6. The second-order valence-electron chi connectivity index (χ2n) is 5.20. The molecule has 7 nitrogen and oxygen atoms in total. The molecule has 1 saturated carbocycles. The van der Waals surface area contributed by atoms with E-state index in [-0.39, 0.29) is 11.7 Å². The van der Waals surface area contributed by atoms with Crippen LogP contribution >= 0.6 is 11.8 Å². The van der Waals surface area contributed by atoms with E-state index in [4.69, 9.17) is 0 Å². The summed E-state index contributed by atoms with van der Waals surface area (Å²) in [4.78, 5) is 22.9. The lowest BCUT2D eigenvalue weighted by molar-refractivity contribution is -0.117. The van der Waals surface area contributed by atoms with Crippen LogP contribution in [0.1, 0.15) is 24.6 Å². The van der Waals surface area contributed by atoms with Crippen LogP contribution in [0.25, 0.3) is 5.69 Å². The zero-order valence-corrected chi connectivity index (χ0v) is 13.5. The van der Waals surface area contributed by atoms with Gasteiger partial charge in [0.1, 0.15) is 5.82 Å². The van der Waals surface area contributed by atoms with Crippen LogP contribution in [0.4, 0.5) is 4.79 Å². The maximum atomic E-state index is 11.7. The van der Waals surface area contributed by atoms with Gasteiger partial charge in [0.25, 0.3) is 0 Å². The van der Waals surface area contributed by atoms with Crippen molar-refractivity contribution in [1.82, 2.24) is 25.4 Å². The third-order valence-electron chi connectivity index (χ3n) is 3.43. The van der Waals surface area contributed by atoms with Gasteiger partial charge in [0.05, 0.1) is 5.75 Å². The van der Waals surface area contributed by atoms with Crippen molar-refractivity contribution in [2.45, 2.75) is 23.9 Å². The number of benzene rings is 1. The summed E-state index contributed by atoms with van der Waals surface area (Å²) in [6, 6.07) is 9.33. The van der Waals surface area contributed by atoms with Crippen molar-refractivity contribution in [2.75, 3.05) is 12.8 Å². The third-order valence-corrected chi connectivity index (χ3v) is 4.36. The molecule has 0 aliphatic heterocycles. The van der Waals surface area contributed by atoms with Gasteiger partial charge in [-0.1, -0.05) is 30.0 Å². The first-order valence-electron chi connectivity index (χ1n) is 7.34. The molecule has 23 heavy (non-hydrogen) atoms. The number of amides is 3. The van der Waals surface area contributed by atoms with E-state index in [1.165, 1.54) is 18.8 Å². The molecule has 1 fully saturated rings. The highest BCUT2D eigenvalue weighted by molar-refractivity contribution is 7.99.